The molecule has 0 fully saturated rings. The zero-order chi connectivity index (χ0) is 11.1. The predicted octanol–water partition coefficient (Wildman–Crippen LogP) is 1.12. The number of nitrogens with one attached hydrogen (secondary N) is 1. The minimum Gasteiger partial charge on any atom is -0.479 e. The van der Waals surface area contributed by atoms with Crippen molar-refractivity contribution in [2.75, 3.05) is 38.4 Å². The largest absolute Gasteiger partial charge is 0.479 e. The number of hydrogen-bond donors (Lipinski definition) is 2. The second-order valence-corrected chi connectivity index (χ2v) is 3.07. The van der Waals surface area contributed by atoms with Gasteiger partial charge in [0.25, 0.3) is 0 Å². The topological polar surface area (TPSA) is 69.4 Å². The monoisotopic (exact) mass is 211 g/mol. The van der Waals surface area contributed by atoms with Crippen LogP contribution in [0.25, 0.3) is 0 Å². The summed E-state index contributed by atoms with van der Waals surface area (Å²) in [6.45, 7) is 1.55. The first-order chi connectivity index (χ1) is 7.27. The average molecular weight is 211 g/mol. The summed E-state index contributed by atoms with van der Waals surface area (Å²) < 4.78 is 9.95. The summed E-state index contributed by atoms with van der Waals surface area (Å²) in [5, 5.41) is 3.15. The summed E-state index contributed by atoms with van der Waals surface area (Å²) in [6, 6.07) is 3.59. The van der Waals surface area contributed by atoms with Gasteiger partial charge in [-0.1, -0.05) is 0 Å². The molecule has 0 aliphatic heterocycles. The molecule has 1 aromatic heterocycles. The maximum absolute atomic E-state index is 5.64. The van der Waals surface area contributed by atoms with Gasteiger partial charge in [0.05, 0.1) is 12.8 Å². The molecule has 0 bridgehead atoms. The van der Waals surface area contributed by atoms with Gasteiger partial charge in [0.2, 0.25) is 5.88 Å². The van der Waals surface area contributed by atoms with Gasteiger partial charge in [-0.3, -0.25) is 0 Å². The van der Waals surface area contributed by atoms with Crippen LogP contribution in [0.2, 0.25) is 0 Å². The number of anilines is 2. The lowest BCUT2D eigenvalue weighted by molar-refractivity contribution is 0.197. The van der Waals surface area contributed by atoms with Gasteiger partial charge in [-0.2, -0.15) is 4.98 Å². The minimum absolute atomic E-state index is 0.451. The minimum atomic E-state index is 0.451. The Kier molecular flexibility index (Phi) is 4.70. The fourth-order valence-corrected chi connectivity index (χ4v) is 1.15. The second-order valence-electron chi connectivity index (χ2n) is 3.07. The fraction of sp³-hybridized carbons (Fsp3) is 0.500. The molecule has 5 heteroatoms. The van der Waals surface area contributed by atoms with E-state index in [-0.39, 0.29) is 0 Å². The number of hydrogen-bond acceptors (Lipinski definition) is 5. The third kappa shape index (κ3) is 3.63. The molecule has 5 nitrogen and oxygen atoms in total. The highest BCUT2D eigenvalue weighted by Gasteiger charge is 2.01. The molecular weight excluding hydrogens is 194 g/mol. The Morgan fingerprint density at radius 2 is 2.20 bits per heavy atom. The van der Waals surface area contributed by atoms with Gasteiger partial charge in [-0.25, -0.2) is 0 Å². The molecular formula is C10H17N3O2. The molecule has 1 rings (SSSR count). The second kappa shape index (κ2) is 6.08. The van der Waals surface area contributed by atoms with E-state index in [1.807, 2.05) is 6.07 Å². The molecule has 0 atom stereocenters. The zero-order valence-corrected chi connectivity index (χ0v) is 9.12. The number of rotatable bonds is 6. The molecule has 1 aromatic rings. The standard InChI is InChI=1S/C10H17N3O2/c1-14-7-3-6-12-9-5-4-8(11)10(13-9)15-2/h4-5H,3,6-7,11H2,1-2H3,(H,12,13). The lowest BCUT2D eigenvalue weighted by atomic mass is 10.4. The van der Waals surface area contributed by atoms with Gasteiger partial charge in [-0.05, 0) is 18.6 Å². The molecule has 0 radical (unpaired) electrons. The maximum Gasteiger partial charge on any atom is 0.238 e. The van der Waals surface area contributed by atoms with Crippen LogP contribution in [0.15, 0.2) is 12.1 Å². The number of methoxy groups -OCH3 is 2. The Morgan fingerprint density at radius 1 is 1.40 bits per heavy atom. The van der Waals surface area contributed by atoms with Crippen LogP contribution in [0, 0.1) is 0 Å². The number of nitrogens with zero attached hydrogens (tertiary/aromatic N) is 1. The molecule has 0 aliphatic carbocycles. The van der Waals surface area contributed by atoms with Crippen molar-refractivity contribution in [3.63, 3.8) is 0 Å². The molecule has 0 aromatic carbocycles. The van der Waals surface area contributed by atoms with Crippen LogP contribution in [0.3, 0.4) is 0 Å². The van der Waals surface area contributed by atoms with E-state index < -0.39 is 0 Å². The fourth-order valence-electron chi connectivity index (χ4n) is 1.15. The highest BCUT2D eigenvalue weighted by molar-refractivity contribution is 5.53. The number of nitrogens with two attached hydrogens (primary N) is 1. The summed E-state index contributed by atoms with van der Waals surface area (Å²) >= 11 is 0. The molecule has 15 heavy (non-hydrogen) atoms. The molecule has 3 N–H and O–H groups in total. The number of aromatic nitrogens is 1. The van der Waals surface area contributed by atoms with Crippen molar-refractivity contribution >= 4 is 11.5 Å². The van der Waals surface area contributed by atoms with E-state index in [9.17, 15) is 0 Å². The quantitative estimate of drug-likeness (QED) is 0.690. The normalized spacial score (nSPS) is 10.0. The summed E-state index contributed by atoms with van der Waals surface area (Å²) in [6.07, 6.45) is 0.935. The first-order valence-electron chi connectivity index (χ1n) is 4.81. The number of ether oxygens (including phenoxy) is 2. The van der Waals surface area contributed by atoms with Crippen LogP contribution in [0.5, 0.6) is 5.88 Å². The van der Waals surface area contributed by atoms with Crippen molar-refractivity contribution in [1.29, 1.82) is 0 Å². The van der Waals surface area contributed by atoms with E-state index in [0.29, 0.717) is 11.6 Å². The highest BCUT2D eigenvalue weighted by Crippen LogP contribution is 2.19. The van der Waals surface area contributed by atoms with Crippen molar-refractivity contribution in [3.8, 4) is 5.88 Å². The number of pyridine rings is 1. The highest BCUT2D eigenvalue weighted by atomic mass is 16.5. The summed E-state index contributed by atoms with van der Waals surface area (Å²) in [4.78, 5) is 4.19. The SMILES string of the molecule is COCCCNc1ccc(N)c(OC)n1. The smallest absolute Gasteiger partial charge is 0.238 e. The predicted molar refractivity (Wildman–Crippen MR) is 60.2 cm³/mol. The summed E-state index contributed by atoms with van der Waals surface area (Å²) in [7, 11) is 3.23. The van der Waals surface area contributed by atoms with E-state index >= 15 is 0 Å². The van der Waals surface area contributed by atoms with E-state index in [1.54, 1.807) is 20.3 Å². The van der Waals surface area contributed by atoms with Crippen molar-refractivity contribution in [3.05, 3.63) is 12.1 Å². The Morgan fingerprint density at radius 3 is 2.87 bits per heavy atom. The molecule has 0 saturated carbocycles. The molecule has 84 valence electrons. The van der Waals surface area contributed by atoms with Crippen LogP contribution < -0.4 is 15.8 Å². The van der Waals surface area contributed by atoms with E-state index in [1.165, 1.54) is 0 Å². The molecule has 0 aliphatic rings. The van der Waals surface area contributed by atoms with Crippen LogP contribution >= 0.6 is 0 Å². The molecule has 0 amide bonds. The number of nitrogen functional groups attached to an aromatic ring is 1. The third-order valence-electron chi connectivity index (χ3n) is 1.91. The van der Waals surface area contributed by atoms with Gasteiger partial charge >= 0.3 is 0 Å². The van der Waals surface area contributed by atoms with Crippen molar-refractivity contribution < 1.29 is 9.47 Å². The Hall–Kier alpha value is -1.49. The Bertz CT molecular complexity index is 305. The lowest BCUT2D eigenvalue weighted by Crippen LogP contribution is -2.07. The van der Waals surface area contributed by atoms with Gasteiger partial charge in [0, 0.05) is 20.3 Å². The van der Waals surface area contributed by atoms with E-state index in [4.69, 9.17) is 15.2 Å². The van der Waals surface area contributed by atoms with Gasteiger partial charge in [-0.15, -0.1) is 0 Å². The third-order valence-corrected chi connectivity index (χ3v) is 1.91. The first kappa shape index (κ1) is 11.6. The zero-order valence-electron chi connectivity index (χ0n) is 9.12. The molecule has 1 heterocycles. The lowest BCUT2D eigenvalue weighted by Gasteiger charge is -2.08. The van der Waals surface area contributed by atoms with E-state index in [0.717, 1.165) is 25.4 Å². The first-order valence-corrected chi connectivity index (χ1v) is 4.81. The summed E-state index contributed by atoms with van der Waals surface area (Å²) in [5.41, 5.74) is 6.18. The average Bonchev–Trinajstić information content (AvgIpc) is 2.26. The van der Waals surface area contributed by atoms with Crippen LogP contribution in [-0.4, -0.2) is 32.4 Å². The molecule has 0 unspecified atom stereocenters. The Balaban J connectivity index is 2.47. The Labute approximate surface area is 89.6 Å². The summed E-state index contributed by atoms with van der Waals surface area (Å²) in [5.74, 6) is 1.21. The van der Waals surface area contributed by atoms with Gasteiger partial charge < -0.3 is 20.5 Å². The van der Waals surface area contributed by atoms with E-state index in [2.05, 4.69) is 10.3 Å². The van der Waals surface area contributed by atoms with Gasteiger partial charge in [0.15, 0.2) is 0 Å². The van der Waals surface area contributed by atoms with Gasteiger partial charge in [0.1, 0.15) is 5.82 Å². The maximum atomic E-state index is 5.64. The van der Waals surface area contributed by atoms with Crippen molar-refractivity contribution in [2.45, 2.75) is 6.42 Å². The van der Waals surface area contributed by atoms with Crippen molar-refractivity contribution in [2.24, 2.45) is 0 Å². The molecule has 0 spiro atoms. The van der Waals surface area contributed by atoms with Crippen LogP contribution in [0.4, 0.5) is 11.5 Å². The van der Waals surface area contributed by atoms with Crippen molar-refractivity contribution in [1.82, 2.24) is 4.98 Å². The van der Waals surface area contributed by atoms with Crippen LogP contribution in [0.1, 0.15) is 6.42 Å². The molecule has 0 saturated heterocycles. The van der Waals surface area contributed by atoms with Crippen LogP contribution in [-0.2, 0) is 4.74 Å².